The van der Waals surface area contributed by atoms with Gasteiger partial charge < -0.3 is 14.5 Å². The van der Waals surface area contributed by atoms with Gasteiger partial charge in [-0.15, -0.1) is 10.2 Å². The first-order valence-corrected chi connectivity index (χ1v) is 12.5. The van der Waals surface area contributed by atoms with Crippen LogP contribution in [0.1, 0.15) is 30.0 Å². The molecule has 0 N–H and O–H groups in total. The van der Waals surface area contributed by atoms with Crippen LogP contribution in [0.5, 0.6) is 0 Å². The van der Waals surface area contributed by atoms with E-state index in [1.165, 1.54) is 11.8 Å². The van der Waals surface area contributed by atoms with E-state index in [0.29, 0.717) is 38.1 Å². The third-order valence-corrected chi connectivity index (χ3v) is 6.89. The van der Waals surface area contributed by atoms with Gasteiger partial charge in [-0.1, -0.05) is 72.4 Å². The Labute approximate surface area is 198 Å². The molecule has 0 atom stereocenters. The Morgan fingerprint density at radius 2 is 1.55 bits per heavy atom. The normalized spacial score (nSPS) is 16.1. The molecule has 2 fully saturated rings. The maximum atomic E-state index is 13.4. The van der Waals surface area contributed by atoms with Crippen molar-refractivity contribution in [2.75, 3.05) is 37.0 Å². The minimum atomic E-state index is 0.103. The Hall–Kier alpha value is -2.84. The fourth-order valence-corrected chi connectivity index (χ4v) is 4.96. The van der Waals surface area contributed by atoms with Gasteiger partial charge in [0.2, 0.25) is 11.9 Å². The number of carbonyl (C=O) groups excluding carboxylic acids is 1. The molecule has 1 saturated heterocycles. The van der Waals surface area contributed by atoms with Crippen LogP contribution in [0.15, 0.2) is 65.8 Å². The van der Waals surface area contributed by atoms with Gasteiger partial charge in [-0.25, -0.2) is 0 Å². The van der Waals surface area contributed by atoms with Gasteiger partial charge in [0.05, 0.1) is 19.0 Å². The van der Waals surface area contributed by atoms with E-state index in [1.807, 2.05) is 41.3 Å². The van der Waals surface area contributed by atoms with Crippen LogP contribution in [0.25, 0.3) is 0 Å². The van der Waals surface area contributed by atoms with Crippen molar-refractivity contribution in [1.82, 2.24) is 19.7 Å². The quantitative estimate of drug-likeness (QED) is 0.450. The molecular formula is C25H29N5O2S. The second kappa shape index (κ2) is 10.4. The van der Waals surface area contributed by atoms with E-state index in [2.05, 4.69) is 43.9 Å². The van der Waals surface area contributed by atoms with Gasteiger partial charge in [-0.05, 0) is 24.0 Å². The Morgan fingerprint density at radius 3 is 2.12 bits per heavy atom. The standard InChI is InChI=1S/C25H29N5O2S/c31-23(29(17-20-7-3-1-4-8-20)18-21-9-5-2-6-10-21)19-33-25-27-26-24(30(25)22-11-12-22)28-13-15-32-16-14-28/h1-10,22H,11-19H2. The summed E-state index contributed by atoms with van der Waals surface area (Å²) in [5.74, 6) is 1.36. The molecule has 0 unspecified atom stereocenters. The lowest BCUT2D eigenvalue weighted by Gasteiger charge is -2.28. The van der Waals surface area contributed by atoms with Gasteiger partial charge in [0, 0.05) is 32.2 Å². The maximum absolute atomic E-state index is 13.4. The van der Waals surface area contributed by atoms with Crippen LogP contribution in [0.3, 0.4) is 0 Å². The number of carbonyl (C=O) groups is 1. The van der Waals surface area contributed by atoms with Crippen LogP contribution in [0.4, 0.5) is 5.95 Å². The van der Waals surface area contributed by atoms with E-state index in [1.54, 1.807) is 0 Å². The Morgan fingerprint density at radius 1 is 0.939 bits per heavy atom. The molecular weight excluding hydrogens is 434 g/mol. The average molecular weight is 464 g/mol. The molecule has 1 aromatic heterocycles. The number of aromatic nitrogens is 3. The number of ether oxygens (including phenoxy) is 1. The van der Waals surface area contributed by atoms with Crippen LogP contribution in [-0.2, 0) is 22.6 Å². The molecule has 8 heteroatoms. The highest BCUT2D eigenvalue weighted by atomic mass is 32.2. The average Bonchev–Trinajstić information content (AvgIpc) is 3.62. The predicted molar refractivity (Wildman–Crippen MR) is 129 cm³/mol. The molecule has 0 radical (unpaired) electrons. The minimum Gasteiger partial charge on any atom is -0.378 e. The number of rotatable bonds is 9. The number of anilines is 1. The van der Waals surface area contributed by atoms with Crippen LogP contribution in [0, 0.1) is 0 Å². The number of thioether (sulfide) groups is 1. The Bertz CT molecular complexity index is 1010. The molecule has 1 saturated carbocycles. The molecule has 2 aliphatic rings. The third-order valence-electron chi connectivity index (χ3n) is 5.96. The zero-order valence-corrected chi connectivity index (χ0v) is 19.5. The Kier molecular flexibility index (Phi) is 6.92. The molecule has 1 aliphatic carbocycles. The van der Waals surface area contributed by atoms with E-state index in [4.69, 9.17) is 4.74 Å². The SMILES string of the molecule is O=C(CSc1nnc(N2CCOCC2)n1C1CC1)N(Cc1ccccc1)Cc1ccccc1. The predicted octanol–water partition coefficient (Wildman–Crippen LogP) is 3.77. The van der Waals surface area contributed by atoms with Crippen molar-refractivity contribution in [2.45, 2.75) is 37.1 Å². The van der Waals surface area contributed by atoms with Crippen LogP contribution < -0.4 is 4.90 Å². The van der Waals surface area contributed by atoms with Crippen molar-refractivity contribution >= 4 is 23.6 Å². The largest absolute Gasteiger partial charge is 0.378 e. The molecule has 0 bridgehead atoms. The summed E-state index contributed by atoms with van der Waals surface area (Å²) in [5, 5.41) is 9.81. The second-order valence-corrected chi connectivity index (χ2v) is 9.44. The summed E-state index contributed by atoms with van der Waals surface area (Å²) >= 11 is 1.50. The van der Waals surface area contributed by atoms with Crippen molar-refractivity contribution < 1.29 is 9.53 Å². The summed E-state index contributed by atoms with van der Waals surface area (Å²) in [6, 6.07) is 20.8. The molecule has 7 nitrogen and oxygen atoms in total. The molecule has 33 heavy (non-hydrogen) atoms. The molecule has 2 heterocycles. The van der Waals surface area contributed by atoms with Gasteiger partial charge in [0.25, 0.3) is 0 Å². The first-order chi connectivity index (χ1) is 16.3. The van der Waals surface area contributed by atoms with Gasteiger partial charge in [0.15, 0.2) is 5.16 Å². The number of morpholine rings is 1. The molecule has 0 spiro atoms. The van der Waals surface area contributed by atoms with Gasteiger partial charge in [-0.2, -0.15) is 0 Å². The topological polar surface area (TPSA) is 63.5 Å². The van der Waals surface area contributed by atoms with Crippen molar-refractivity contribution in [3.05, 3.63) is 71.8 Å². The first kappa shape index (κ1) is 22.0. The number of hydrogen-bond acceptors (Lipinski definition) is 6. The summed E-state index contributed by atoms with van der Waals surface area (Å²) < 4.78 is 7.73. The van der Waals surface area contributed by atoms with Crippen molar-refractivity contribution in [1.29, 1.82) is 0 Å². The summed E-state index contributed by atoms with van der Waals surface area (Å²) in [7, 11) is 0. The van der Waals surface area contributed by atoms with E-state index in [9.17, 15) is 4.79 Å². The fourth-order valence-electron chi connectivity index (χ4n) is 4.06. The fraction of sp³-hybridized carbons (Fsp3) is 0.400. The zero-order chi connectivity index (χ0) is 22.5. The number of benzene rings is 2. The number of hydrogen-bond donors (Lipinski definition) is 0. The summed E-state index contributed by atoms with van der Waals surface area (Å²) in [4.78, 5) is 17.5. The van der Waals surface area contributed by atoms with Crippen molar-refractivity contribution in [3.8, 4) is 0 Å². The maximum Gasteiger partial charge on any atom is 0.233 e. The summed E-state index contributed by atoms with van der Waals surface area (Å²) in [5.41, 5.74) is 2.25. The first-order valence-electron chi connectivity index (χ1n) is 11.5. The third kappa shape index (κ3) is 5.57. The Balaban J connectivity index is 1.30. The van der Waals surface area contributed by atoms with Gasteiger partial charge >= 0.3 is 0 Å². The minimum absolute atomic E-state index is 0.103. The lowest BCUT2D eigenvalue weighted by atomic mass is 10.1. The molecule has 1 aliphatic heterocycles. The van der Waals surface area contributed by atoms with E-state index in [0.717, 1.165) is 48.2 Å². The number of amides is 1. The lowest BCUT2D eigenvalue weighted by Crippen LogP contribution is -2.38. The highest BCUT2D eigenvalue weighted by molar-refractivity contribution is 7.99. The molecule has 5 rings (SSSR count). The monoisotopic (exact) mass is 463 g/mol. The van der Waals surface area contributed by atoms with Gasteiger partial charge in [0.1, 0.15) is 0 Å². The second-order valence-electron chi connectivity index (χ2n) is 8.49. The molecule has 2 aromatic carbocycles. The highest BCUT2D eigenvalue weighted by Crippen LogP contribution is 2.41. The molecule has 1 amide bonds. The highest BCUT2D eigenvalue weighted by Gasteiger charge is 2.32. The van der Waals surface area contributed by atoms with E-state index in [-0.39, 0.29) is 5.91 Å². The van der Waals surface area contributed by atoms with Gasteiger partial charge in [-0.3, -0.25) is 9.36 Å². The van der Waals surface area contributed by atoms with Crippen molar-refractivity contribution in [2.24, 2.45) is 0 Å². The van der Waals surface area contributed by atoms with Crippen LogP contribution >= 0.6 is 11.8 Å². The van der Waals surface area contributed by atoms with Crippen LogP contribution in [-0.4, -0.2) is 57.6 Å². The molecule has 3 aromatic rings. The summed E-state index contributed by atoms with van der Waals surface area (Å²) in [6.07, 6.45) is 2.29. The van der Waals surface area contributed by atoms with Crippen molar-refractivity contribution in [3.63, 3.8) is 0 Å². The lowest BCUT2D eigenvalue weighted by molar-refractivity contribution is -0.129. The van der Waals surface area contributed by atoms with E-state index < -0.39 is 0 Å². The smallest absolute Gasteiger partial charge is 0.233 e. The molecule has 172 valence electrons. The van der Waals surface area contributed by atoms with E-state index >= 15 is 0 Å². The van der Waals surface area contributed by atoms with Crippen LogP contribution in [0.2, 0.25) is 0 Å². The zero-order valence-electron chi connectivity index (χ0n) is 18.7. The number of nitrogens with zero attached hydrogens (tertiary/aromatic N) is 5. The summed E-state index contributed by atoms with van der Waals surface area (Å²) in [6.45, 7) is 4.26.